The van der Waals surface area contributed by atoms with Crippen molar-refractivity contribution in [3.05, 3.63) is 23.8 Å². The Kier molecular flexibility index (Phi) is 6.71. The summed E-state index contributed by atoms with van der Waals surface area (Å²) < 4.78 is 5.50. The number of hydrogen-bond donors (Lipinski definition) is 1. The van der Waals surface area contributed by atoms with E-state index in [1.54, 1.807) is 6.07 Å². The van der Waals surface area contributed by atoms with Gasteiger partial charge in [-0.2, -0.15) is 0 Å². The monoisotopic (exact) mass is 265 g/mol. The van der Waals surface area contributed by atoms with E-state index in [-0.39, 0.29) is 0 Å². The Morgan fingerprint density at radius 3 is 2.63 bits per heavy atom. The van der Waals surface area contributed by atoms with E-state index in [4.69, 9.17) is 4.74 Å². The van der Waals surface area contributed by atoms with Crippen LogP contribution >= 0.6 is 0 Å². The second-order valence-corrected chi connectivity index (χ2v) is 5.35. The number of hydrogen-bond acceptors (Lipinski definition) is 3. The molecule has 1 N–H and O–H groups in total. The summed E-state index contributed by atoms with van der Waals surface area (Å²) in [7, 11) is 2.09. The van der Waals surface area contributed by atoms with Gasteiger partial charge in [-0.25, -0.2) is 0 Å². The van der Waals surface area contributed by atoms with Gasteiger partial charge in [0.2, 0.25) is 0 Å². The van der Waals surface area contributed by atoms with Gasteiger partial charge in [-0.1, -0.05) is 33.3 Å². The van der Waals surface area contributed by atoms with Gasteiger partial charge in [0.1, 0.15) is 11.5 Å². The van der Waals surface area contributed by atoms with Gasteiger partial charge in [-0.15, -0.1) is 0 Å². The molecule has 0 aromatic heterocycles. The van der Waals surface area contributed by atoms with E-state index in [2.05, 4.69) is 32.7 Å². The minimum Gasteiger partial charge on any atom is -0.507 e. The lowest BCUT2D eigenvalue weighted by molar-refractivity contribution is 0.271. The molecule has 0 saturated carbocycles. The molecule has 1 rings (SSSR count). The third-order valence-electron chi connectivity index (χ3n) is 3.29. The Balaban J connectivity index is 2.59. The van der Waals surface area contributed by atoms with E-state index < -0.39 is 0 Å². The molecule has 0 aliphatic heterocycles. The summed E-state index contributed by atoms with van der Waals surface area (Å²) in [4.78, 5) is 2.25. The van der Waals surface area contributed by atoms with Gasteiger partial charge in [-0.05, 0) is 25.5 Å². The fourth-order valence-corrected chi connectivity index (χ4v) is 2.00. The zero-order chi connectivity index (χ0) is 14.3. The molecule has 0 heterocycles. The molecule has 0 aliphatic rings. The SMILES string of the molecule is CCCOc1ccc(CN(C)CC(C)CC)c(O)c1. The molecule has 0 spiro atoms. The van der Waals surface area contributed by atoms with Crippen LogP contribution in [-0.2, 0) is 6.54 Å². The van der Waals surface area contributed by atoms with E-state index in [0.717, 1.165) is 30.8 Å². The highest BCUT2D eigenvalue weighted by Gasteiger charge is 2.09. The predicted octanol–water partition coefficient (Wildman–Crippen LogP) is 3.66. The molecule has 0 aliphatic carbocycles. The van der Waals surface area contributed by atoms with Crippen LogP contribution in [0, 0.1) is 5.92 Å². The molecule has 1 atom stereocenters. The number of phenols is 1. The minimum absolute atomic E-state index is 0.324. The van der Waals surface area contributed by atoms with Crippen LogP contribution in [0.4, 0.5) is 0 Å². The first-order valence-corrected chi connectivity index (χ1v) is 7.20. The summed E-state index contributed by atoms with van der Waals surface area (Å²) >= 11 is 0. The third kappa shape index (κ3) is 5.52. The Labute approximate surface area is 117 Å². The lowest BCUT2D eigenvalue weighted by atomic mass is 10.1. The quantitative estimate of drug-likeness (QED) is 0.778. The zero-order valence-electron chi connectivity index (χ0n) is 12.6. The molecule has 0 saturated heterocycles. The van der Waals surface area contributed by atoms with Crippen molar-refractivity contribution in [2.45, 2.75) is 40.2 Å². The average molecular weight is 265 g/mol. The van der Waals surface area contributed by atoms with Crippen molar-refractivity contribution >= 4 is 0 Å². The van der Waals surface area contributed by atoms with Crippen LogP contribution in [0.15, 0.2) is 18.2 Å². The molecule has 3 nitrogen and oxygen atoms in total. The highest BCUT2D eigenvalue weighted by molar-refractivity contribution is 5.39. The maximum Gasteiger partial charge on any atom is 0.123 e. The molecular weight excluding hydrogens is 238 g/mol. The summed E-state index contributed by atoms with van der Waals surface area (Å²) in [6, 6.07) is 5.59. The molecule has 1 aromatic rings. The Hall–Kier alpha value is -1.22. The number of phenolic OH excluding ortho intramolecular Hbond substituents is 1. The third-order valence-corrected chi connectivity index (χ3v) is 3.29. The zero-order valence-corrected chi connectivity index (χ0v) is 12.6. The Bertz CT molecular complexity index is 379. The number of nitrogens with zero attached hydrogens (tertiary/aromatic N) is 1. The first kappa shape index (κ1) is 15.8. The highest BCUT2D eigenvalue weighted by Crippen LogP contribution is 2.25. The standard InChI is InChI=1S/C16H27NO2/c1-5-9-19-15-8-7-14(16(18)10-15)12-17(4)11-13(3)6-2/h7-8,10,13,18H,5-6,9,11-12H2,1-4H3. The fraction of sp³-hybridized carbons (Fsp3) is 0.625. The second kappa shape index (κ2) is 8.05. The summed E-state index contributed by atoms with van der Waals surface area (Å²) in [5.74, 6) is 1.75. The molecule has 1 aromatic carbocycles. The van der Waals surface area contributed by atoms with E-state index in [1.807, 2.05) is 12.1 Å². The number of aromatic hydroxyl groups is 1. The molecule has 0 radical (unpaired) electrons. The van der Waals surface area contributed by atoms with Crippen LogP contribution in [0.2, 0.25) is 0 Å². The van der Waals surface area contributed by atoms with Gasteiger partial charge in [0.15, 0.2) is 0 Å². The molecule has 108 valence electrons. The number of ether oxygens (including phenoxy) is 1. The van der Waals surface area contributed by atoms with Crippen LogP contribution in [0.1, 0.15) is 39.2 Å². The van der Waals surface area contributed by atoms with Gasteiger partial charge in [0, 0.05) is 24.7 Å². The van der Waals surface area contributed by atoms with Gasteiger partial charge < -0.3 is 14.7 Å². The normalized spacial score (nSPS) is 12.7. The first-order chi connectivity index (χ1) is 9.06. The molecule has 0 fully saturated rings. The van der Waals surface area contributed by atoms with E-state index in [9.17, 15) is 5.11 Å². The molecule has 3 heteroatoms. The fourth-order valence-electron chi connectivity index (χ4n) is 2.00. The smallest absolute Gasteiger partial charge is 0.123 e. The maximum absolute atomic E-state index is 10.0. The van der Waals surface area contributed by atoms with Crippen molar-refractivity contribution in [1.29, 1.82) is 0 Å². The van der Waals surface area contributed by atoms with Crippen LogP contribution in [0.5, 0.6) is 11.5 Å². The summed E-state index contributed by atoms with van der Waals surface area (Å²) in [6.45, 7) is 9.02. The van der Waals surface area contributed by atoms with Crippen molar-refractivity contribution in [2.24, 2.45) is 5.92 Å². The predicted molar refractivity (Wildman–Crippen MR) is 79.7 cm³/mol. The van der Waals surface area contributed by atoms with E-state index in [0.29, 0.717) is 18.3 Å². The van der Waals surface area contributed by atoms with Gasteiger partial charge in [0.25, 0.3) is 0 Å². The first-order valence-electron chi connectivity index (χ1n) is 7.20. The van der Waals surface area contributed by atoms with Crippen molar-refractivity contribution in [1.82, 2.24) is 4.90 Å². The Morgan fingerprint density at radius 2 is 2.05 bits per heavy atom. The van der Waals surface area contributed by atoms with Gasteiger partial charge in [-0.3, -0.25) is 0 Å². The number of rotatable bonds is 8. The highest BCUT2D eigenvalue weighted by atomic mass is 16.5. The second-order valence-electron chi connectivity index (χ2n) is 5.35. The van der Waals surface area contributed by atoms with Crippen LogP contribution in [0.25, 0.3) is 0 Å². The molecule has 0 bridgehead atoms. The molecule has 19 heavy (non-hydrogen) atoms. The van der Waals surface area contributed by atoms with Crippen LogP contribution in [-0.4, -0.2) is 30.2 Å². The van der Waals surface area contributed by atoms with Crippen LogP contribution in [0.3, 0.4) is 0 Å². The summed E-state index contributed by atoms with van der Waals surface area (Å²) in [5.41, 5.74) is 0.953. The topological polar surface area (TPSA) is 32.7 Å². The summed E-state index contributed by atoms with van der Waals surface area (Å²) in [6.07, 6.45) is 2.15. The van der Waals surface area contributed by atoms with E-state index >= 15 is 0 Å². The summed E-state index contributed by atoms with van der Waals surface area (Å²) in [5, 5.41) is 10.0. The lowest BCUT2D eigenvalue weighted by Gasteiger charge is -2.21. The van der Waals surface area contributed by atoms with Crippen molar-refractivity contribution in [3.63, 3.8) is 0 Å². The molecule has 1 unspecified atom stereocenters. The van der Waals surface area contributed by atoms with E-state index in [1.165, 1.54) is 6.42 Å². The Morgan fingerprint density at radius 1 is 1.32 bits per heavy atom. The number of benzene rings is 1. The molecular formula is C16H27NO2. The average Bonchev–Trinajstić information content (AvgIpc) is 2.39. The maximum atomic E-state index is 10.0. The van der Waals surface area contributed by atoms with Crippen molar-refractivity contribution in [3.8, 4) is 11.5 Å². The van der Waals surface area contributed by atoms with Crippen molar-refractivity contribution in [2.75, 3.05) is 20.2 Å². The van der Waals surface area contributed by atoms with Crippen LogP contribution < -0.4 is 4.74 Å². The van der Waals surface area contributed by atoms with Gasteiger partial charge >= 0.3 is 0 Å². The van der Waals surface area contributed by atoms with Gasteiger partial charge in [0.05, 0.1) is 6.61 Å². The largest absolute Gasteiger partial charge is 0.507 e. The minimum atomic E-state index is 0.324. The lowest BCUT2D eigenvalue weighted by Crippen LogP contribution is -2.23. The molecule has 0 amide bonds. The van der Waals surface area contributed by atoms with Crippen molar-refractivity contribution < 1.29 is 9.84 Å².